The fourth-order valence-electron chi connectivity index (χ4n) is 3.54. The SMILES string of the molecule is COc1cc(O)ccc1N1CCN(CCCOc2ccccc2NC(C)=O)C(O)C1. The van der Waals surface area contributed by atoms with E-state index in [0.717, 1.165) is 18.7 Å². The number of phenols is 1. The van der Waals surface area contributed by atoms with Crippen molar-refractivity contribution in [3.05, 3.63) is 42.5 Å². The van der Waals surface area contributed by atoms with Crippen molar-refractivity contribution < 1.29 is 24.5 Å². The number of anilines is 2. The minimum Gasteiger partial charge on any atom is -0.508 e. The monoisotopic (exact) mass is 415 g/mol. The van der Waals surface area contributed by atoms with E-state index in [4.69, 9.17) is 9.47 Å². The van der Waals surface area contributed by atoms with E-state index in [2.05, 4.69) is 10.2 Å². The van der Waals surface area contributed by atoms with Gasteiger partial charge in [0.15, 0.2) is 0 Å². The summed E-state index contributed by atoms with van der Waals surface area (Å²) in [6, 6.07) is 12.3. The third kappa shape index (κ3) is 5.55. The van der Waals surface area contributed by atoms with Gasteiger partial charge in [0.25, 0.3) is 0 Å². The number of aliphatic hydroxyl groups is 1. The quantitative estimate of drug-likeness (QED) is 0.570. The molecule has 1 amide bonds. The Bertz CT molecular complexity index is 860. The smallest absolute Gasteiger partial charge is 0.221 e. The van der Waals surface area contributed by atoms with E-state index < -0.39 is 6.23 Å². The van der Waals surface area contributed by atoms with Gasteiger partial charge >= 0.3 is 0 Å². The van der Waals surface area contributed by atoms with Crippen molar-refractivity contribution >= 4 is 17.3 Å². The number of carbonyl (C=O) groups excluding carboxylic acids is 1. The number of aromatic hydroxyl groups is 1. The number of phenolic OH excluding ortho intramolecular Hbond substituents is 1. The first-order chi connectivity index (χ1) is 14.5. The van der Waals surface area contributed by atoms with E-state index in [9.17, 15) is 15.0 Å². The number of amides is 1. The highest BCUT2D eigenvalue weighted by Crippen LogP contribution is 2.33. The molecular weight excluding hydrogens is 386 g/mol. The number of aliphatic hydroxyl groups excluding tert-OH is 1. The van der Waals surface area contributed by atoms with Gasteiger partial charge in [-0.1, -0.05) is 12.1 Å². The Morgan fingerprint density at radius 3 is 2.73 bits per heavy atom. The summed E-state index contributed by atoms with van der Waals surface area (Å²) < 4.78 is 11.2. The number of methoxy groups -OCH3 is 1. The lowest BCUT2D eigenvalue weighted by Gasteiger charge is -2.40. The Hall–Kier alpha value is -2.97. The number of nitrogens with zero attached hydrogens (tertiary/aromatic N) is 2. The number of rotatable bonds is 8. The molecule has 1 fully saturated rings. The van der Waals surface area contributed by atoms with Crippen LogP contribution in [0.25, 0.3) is 0 Å². The predicted octanol–water partition coefficient (Wildman–Crippen LogP) is 2.27. The molecule has 0 aliphatic carbocycles. The fourth-order valence-corrected chi connectivity index (χ4v) is 3.54. The molecule has 0 saturated carbocycles. The molecule has 8 heteroatoms. The van der Waals surface area contributed by atoms with Crippen molar-refractivity contribution in [2.45, 2.75) is 19.6 Å². The van der Waals surface area contributed by atoms with Gasteiger partial charge in [-0.15, -0.1) is 0 Å². The summed E-state index contributed by atoms with van der Waals surface area (Å²) in [4.78, 5) is 15.4. The van der Waals surface area contributed by atoms with Gasteiger partial charge < -0.3 is 29.9 Å². The average Bonchev–Trinajstić information content (AvgIpc) is 2.72. The Balaban J connectivity index is 1.48. The van der Waals surface area contributed by atoms with E-state index in [1.807, 2.05) is 23.1 Å². The molecule has 30 heavy (non-hydrogen) atoms. The van der Waals surface area contributed by atoms with Gasteiger partial charge in [-0.25, -0.2) is 0 Å². The molecule has 3 N–H and O–H groups in total. The molecule has 1 atom stereocenters. The van der Waals surface area contributed by atoms with Crippen LogP contribution in [0.1, 0.15) is 13.3 Å². The average molecular weight is 415 g/mol. The topological polar surface area (TPSA) is 94.5 Å². The molecule has 3 rings (SSSR count). The minimum absolute atomic E-state index is 0.141. The number of benzene rings is 2. The summed E-state index contributed by atoms with van der Waals surface area (Å²) in [5, 5.41) is 23.0. The molecule has 0 spiro atoms. The molecule has 0 aromatic heterocycles. The van der Waals surface area contributed by atoms with Crippen LogP contribution in [0.15, 0.2) is 42.5 Å². The first kappa shape index (κ1) is 21.7. The first-order valence-corrected chi connectivity index (χ1v) is 10.0. The van der Waals surface area contributed by atoms with Crippen molar-refractivity contribution in [1.29, 1.82) is 0 Å². The lowest BCUT2D eigenvalue weighted by Crippen LogP contribution is -2.53. The predicted molar refractivity (Wildman–Crippen MR) is 115 cm³/mol. The second kappa shape index (κ2) is 10.2. The number of nitrogens with one attached hydrogen (secondary N) is 1. The van der Waals surface area contributed by atoms with Crippen molar-refractivity contribution in [2.24, 2.45) is 0 Å². The lowest BCUT2D eigenvalue weighted by molar-refractivity contribution is -0.114. The Labute approximate surface area is 176 Å². The summed E-state index contributed by atoms with van der Waals surface area (Å²) >= 11 is 0. The first-order valence-electron chi connectivity index (χ1n) is 10.0. The van der Waals surface area contributed by atoms with Crippen molar-refractivity contribution in [2.75, 3.05) is 50.1 Å². The lowest BCUT2D eigenvalue weighted by atomic mass is 10.2. The molecule has 1 unspecified atom stereocenters. The van der Waals surface area contributed by atoms with E-state index in [1.54, 1.807) is 31.4 Å². The molecule has 2 aromatic rings. The van der Waals surface area contributed by atoms with Crippen molar-refractivity contribution in [3.63, 3.8) is 0 Å². The van der Waals surface area contributed by atoms with E-state index in [0.29, 0.717) is 43.4 Å². The van der Waals surface area contributed by atoms with Crippen LogP contribution in [0.5, 0.6) is 17.2 Å². The number of para-hydroxylation sites is 2. The highest BCUT2D eigenvalue weighted by molar-refractivity contribution is 5.90. The number of ether oxygens (including phenoxy) is 2. The third-order valence-electron chi connectivity index (χ3n) is 5.01. The maximum Gasteiger partial charge on any atom is 0.221 e. The van der Waals surface area contributed by atoms with Gasteiger partial charge in [0.05, 0.1) is 31.6 Å². The Morgan fingerprint density at radius 1 is 1.20 bits per heavy atom. The number of β-amino-alcohol motifs (C(OH)–C–C–N with tert-alkyl or cyclic N) is 1. The molecule has 8 nitrogen and oxygen atoms in total. The zero-order chi connectivity index (χ0) is 21.5. The summed E-state index contributed by atoms with van der Waals surface area (Å²) in [5.41, 5.74) is 1.51. The molecule has 1 saturated heterocycles. The maximum absolute atomic E-state index is 11.3. The van der Waals surface area contributed by atoms with Crippen LogP contribution < -0.4 is 19.7 Å². The highest BCUT2D eigenvalue weighted by atomic mass is 16.5. The van der Waals surface area contributed by atoms with Crippen LogP contribution in [0.2, 0.25) is 0 Å². The Kier molecular flexibility index (Phi) is 7.37. The summed E-state index contributed by atoms with van der Waals surface area (Å²) in [5.74, 6) is 1.23. The van der Waals surface area contributed by atoms with Gasteiger partial charge in [0, 0.05) is 32.6 Å². The molecule has 1 aliphatic rings. The zero-order valence-corrected chi connectivity index (χ0v) is 17.4. The van der Waals surface area contributed by atoms with Crippen molar-refractivity contribution in [3.8, 4) is 17.2 Å². The summed E-state index contributed by atoms with van der Waals surface area (Å²) in [6.07, 6.45) is 0.137. The van der Waals surface area contributed by atoms with Gasteiger partial charge in [0.2, 0.25) is 5.91 Å². The molecular formula is C22H29N3O5. The molecule has 2 aromatic carbocycles. The maximum atomic E-state index is 11.3. The van der Waals surface area contributed by atoms with E-state index in [-0.39, 0.29) is 11.7 Å². The third-order valence-corrected chi connectivity index (χ3v) is 5.01. The largest absolute Gasteiger partial charge is 0.508 e. The fraction of sp³-hybridized carbons (Fsp3) is 0.409. The highest BCUT2D eigenvalue weighted by Gasteiger charge is 2.26. The van der Waals surface area contributed by atoms with Gasteiger partial charge in [0.1, 0.15) is 23.5 Å². The Morgan fingerprint density at radius 2 is 2.00 bits per heavy atom. The molecule has 0 radical (unpaired) electrons. The molecule has 162 valence electrons. The van der Waals surface area contributed by atoms with Crippen LogP contribution in [0.4, 0.5) is 11.4 Å². The van der Waals surface area contributed by atoms with Crippen LogP contribution >= 0.6 is 0 Å². The summed E-state index contributed by atoms with van der Waals surface area (Å²) in [6.45, 7) is 4.54. The second-order valence-corrected chi connectivity index (χ2v) is 7.20. The molecule has 0 bridgehead atoms. The minimum atomic E-state index is -0.607. The number of hydrogen-bond acceptors (Lipinski definition) is 7. The van der Waals surface area contributed by atoms with Crippen LogP contribution in [-0.4, -0.2) is 67.1 Å². The number of hydrogen-bond donors (Lipinski definition) is 3. The normalized spacial score (nSPS) is 16.9. The number of piperazine rings is 1. The number of carbonyl (C=O) groups is 1. The van der Waals surface area contributed by atoms with Gasteiger partial charge in [-0.2, -0.15) is 0 Å². The standard InChI is InChI=1S/C22H29N3O5/c1-16(26)23-18-6-3-4-7-20(18)30-13-5-10-24-11-12-25(15-22(24)28)19-9-8-17(27)14-21(19)29-2/h3-4,6-9,14,22,27-28H,5,10-13,15H2,1-2H3,(H,23,26). The van der Waals surface area contributed by atoms with Crippen molar-refractivity contribution in [1.82, 2.24) is 4.90 Å². The van der Waals surface area contributed by atoms with Crippen LogP contribution in [0.3, 0.4) is 0 Å². The summed E-state index contributed by atoms with van der Waals surface area (Å²) in [7, 11) is 1.56. The van der Waals surface area contributed by atoms with Gasteiger partial charge in [-0.05, 0) is 30.7 Å². The van der Waals surface area contributed by atoms with E-state index >= 15 is 0 Å². The second-order valence-electron chi connectivity index (χ2n) is 7.20. The zero-order valence-electron chi connectivity index (χ0n) is 17.4. The van der Waals surface area contributed by atoms with E-state index in [1.165, 1.54) is 6.92 Å². The molecule has 1 heterocycles. The molecule has 1 aliphatic heterocycles. The van der Waals surface area contributed by atoms with Gasteiger partial charge in [-0.3, -0.25) is 9.69 Å². The van der Waals surface area contributed by atoms with Crippen LogP contribution in [0, 0.1) is 0 Å². The van der Waals surface area contributed by atoms with Crippen LogP contribution in [-0.2, 0) is 4.79 Å².